The fourth-order valence-corrected chi connectivity index (χ4v) is 11.2. The molecule has 8 nitrogen and oxygen atoms in total. The van der Waals surface area contributed by atoms with E-state index in [9.17, 15) is 9.90 Å². The van der Waals surface area contributed by atoms with Crippen LogP contribution < -0.4 is 14.7 Å². The molecule has 3 aliphatic rings. The molecule has 3 aliphatic heterocycles. The van der Waals surface area contributed by atoms with Crippen LogP contribution in [0, 0.1) is 17.8 Å². The Hall–Kier alpha value is -4.34. The number of carbonyl (C=O) groups is 3. The lowest BCUT2D eigenvalue weighted by molar-refractivity contribution is -0.141. The zero-order chi connectivity index (χ0) is 36.3. The van der Waals surface area contributed by atoms with Crippen LogP contribution in [0.15, 0.2) is 110 Å². The molecule has 3 fully saturated rings. The molecule has 0 aromatic heterocycles. The van der Waals surface area contributed by atoms with E-state index >= 15 is 9.59 Å². The third-order valence-corrected chi connectivity index (χ3v) is 13.2. The molecule has 0 aliphatic carbocycles. The summed E-state index contributed by atoms with van der Waals surface area (Å²) in [5, 5.41) is 10.9. The molecule has 3 heterocycles. The first-order valence-electron chi connectivity index (χ1n) is 18.1. The molecule has 2 bridgehead atoms. The second-order valence-corrected chi connectivity index (χ2v) is 15.4. The van der Waals surface area contributed by atoms with E-state index in [0.717, 1.165) is 30.0 Å². The van der Waals surface area contributed by atoms with E-state index in [4.69, 9.17) is 0 Å². The Morgan fingerprint density at radius 2 is 1.43 bits per heavy atom. The van der Waals surface area contributed by atoms with Gasteiger partial charge in [0.25, 0.3) is 5.91 Å². The average molecular weight is 707 g/mol. The van der Waals surface area contributed by atoms with Crippen molar-refractivity contribution in [2.75, 3.05) is 47.5 Å². The first kappa shape index (κ1) is 36.5. The van der Waals surface area contributed by atoms with Crippen molar-refractivity contribution in [2.24, 2.45) is 17.8 Å². The number of hydrogen-bond donors (Lipinski definition) is 1. The molecule has 3 saturated heterocycles. The summed E-state index contributed by atoms with van der Waals surface area (Å²) in [5.41, 5.74) is 3.48. The van der Waals surface area contributed by atoms with Crippen LogP contribution in [-0.4, -0.2) is 82.6 Å². The molecule has 6 rings (SSSR count). The van der Waals surface area contributed by atoms with Crippen LogP contribution in [0.1, 0.15) is 32.8 Å². The van der Waals surface area contributed by atoms with Crippen LogP contribution in [0.5, 0.6) is 0 Å². The molecular weight excluding hydrogens is 657 g/mol. The van der Waals surface area contributed by atoms with Gasteiger partial charge < -0.3 is 24.7 Å². The van der Waals surface area contributed by atoms with E-state index in [1.807, 2.05) is 84.9 Å². The quantitative estimate of drug-likeness (QED) is 0.189. The van der Waals surface area contributed by atoms with Gasteiger partial charge in [-0.3, -0.25) is 14.4 Å². The first-order valence-corrected chi connectivity index (χ1v) is 19.0. The minimum atomic E-state index is -0.898. The van der Waals surface area contributed by atoms with Crippen molar-refractivity contribution in [3.8, 4) is 0 Å². The van der Waals surface area contributed by atoms with Gasteiger partial charge in [-0.05, 0) is 74.6 Å². The summed E-state index contributed by atoms with van der Waals surface area (Å²) in [7, 11) is 0. The van der Waals surface area contributed by atoms with Gasteiger partial charge in [0.05, 0.1) is 29.2 Å². The van der Waals surface area contributed by atoms with Crippen molar-refractivity contribution in [3.05, 3.63) is 116 Å². The van der Waals surface area contributed by atoms with Crippen molar-refractivity contribution in [2.45, 2.75) is 55.7 Å². The number of thioether (sulfide) groups is 1. The zero-order valence-corrected chi connectivity index (χ0v) is 30.8. The molecule has 0 saturated carbocycles. The van der Waals surface area contributed by atoms with Gasteiger partial charge in [0.1, 0.15) is 6.04 Å². The average Bonchev–Trinajstić information content (AvgIpc) is 3.76. The van der Waals surface area contributed by atoms with Crippen LogP contribution in [-0.2, 0) is 20.8 Å². The maximum atomic E-state index is 15.4. The molecular formula is C42H50N4O4S. The molecule has 1 spiro atoms. The fourth-order valence-electron chi connectivity index (χ4n) is 8.82. The molecule has 3 unspecified atom stereocenters. The van der Waals surface area contributed by atoms with E-state index in [1.54, 1.807) is 38.6 Å². The number of aliphatic hydroxyl groups is 1. The highest BCUT2D eigenvalue weighted by Crippen LogP contribution is 2.69. The molecule has 268 valence electrons. The number of carbonyl (C=O) groups excluding carboxylic acids is 3. The molecule has 0 radical (unpaired) electrons. The van der Waals surface area contributed by atoms with Crippen LogP contribution in [0.2, 0.25) is 0 Å². The maximum Gasteiger partial charge on any atom is 0.251 e. The minimum Gasteiger partial charge on any atom is -0.394 e. The number of likely N-dealkylation sites (tertiary alicyclic amines) is 1. The lowest BCUT2D eigenvalue weighted by Crippen LogP contribution is -2.59. The highest BCUT2D eigenvalue weighted by molar-refractivity contribution is 8.02. The Morgan fingerprint density at radius 1 is 0.882 bits per heavy atom. The fraction of sp³-hybridized carbons (Fsp3) is 0.405. The number of fused-ring (bicyclic) bond motifs is 1. The van der Waals surface area contributed by atoms with Gasteiger partial charge in [-0.2, -0.15) is 0 Å². The van der Waals surface area contributed by atoms with E-state index in [1.165, 1.54) is 0 Å². The third kappa shape index (κ3) is 6.40. The van der Waals surface area contributed by atoms with Crippen LogP contribution in [0.25, 0.3) is 0 Å². The lowest BCUT2D eigenvalue weighted by atomic mass is 9.65. The molecule has 3 aromatic rings. The summed E-state index contributed by atoms with van der Waals surface area (Å²) in [6.45, 7) is 16.2. The number of benzene rings is 3. The van der Waals surface area contributed by atoms with Crippen molar-refractivity contribution >= 4 is 46.5 Å². The Bertz CT molecular complexity index is 1720. The molecule has 3 aromatic carbocycles. The summed E-state index contributed by atoms with van der Waals surface area (Å²) in [6, 6.07) is 25.7. The number of anilines is 3. The van der Waals surface area contributed by atoms with Crippen molar-refractivity contribution in [1.82, 2.24) is 4.90 Å². The monoisotopic (exact) mass is 706 g/mol. The van der Waals surface area contributed by atoms with E-state index in [-0.39, 0.29) is 42.0 Å². The van der Waals surface area contributed by atoms with Gasteiger partial charge in [0, 0.05) is 48.5 Å². The standard InChI is InChI=1S/C42H50N4O4S/c1-6-24-44(32-18-14-11-15-19-32)39(48)36-35-26-29(5)42(51-35)37(36)40(49)46(34(28-47)27-30-16-12-10-13-17-30)38(42)41(50)45(25-7-2)33-22-20-31(21-23-33)43(8-3)9-4/h6-7,10-23,29,34-38,47H,1-2,8-9,24-28H2,3-5H3/t29?,34-,35+,36-,37+,38?,42?/m1/s1. The Kier molecular flexibility index (Phi) is 11.1. The molecule has 1 N–H and O–H groups in total. The first-order chi connectivity index (χ1) is 24.7. The topological polar surface area (TPSA) is 84.4 Å². The van der Waals surface area contributed by atoms with Gasteiger partial charge >= 0.3 is 0 Å². The molecule has 3 amide bonds. The van der Waals surface area contributed by atoms with Crippen molar-refractivity contribution < 1.29 is 19.5 Å². The summed E-state index contributed by atoms with van der Waals surface area (Å²) >= 11 is 1.65. The maximum absolute atomic E-state index is 15.4. The predicted molar refractivity (Wildman–Crippen MR) is 208 cm³/mol. The van der Waals surface area contributed by atoms with E-state index in [0.29, 0.717) is 25.1 Å². The SMILES string of the molecule is C=CCN(C(=O)C1N([C@@H](CO)Cc2ccccc2)C(=O)[C@@H]2[C@H](C(=O)N(CC=C)c3ccccc3)[C@@H]3CC(C)C12S3)c1ccc(N(CC)CC)cc1. The summed E-state index contributed by atoms with van der Waals surface area (Å²) < 4.78 is -0.861. The lowest BCUT2D eigenvalue weighted by Gasteiger charge is -2.42. The van der Waals surface area contributed by atoms with Crippen LogP contribution in [0.4, 0.5) is 17.1 Å². The largest absolute Gasteiger partial charge is 0.394 e. The normalized spacial score (nSPS) is 25.3. The van der Waals surface area contributed by atoms with E-state index in [2.05, 4.69) is 38.8 Å². The van der Waals surface area contributed by atoms with E-state index < -0.39 is 28.7 Å². The summed E-state index contributed by atoms with van der Waals surface area (Å²) in [6.07, 6.45) is 4.51. The van der Waals surface area contributed by atoms with Gasteiger partial charge in [-0.25, -0.2) is 0 Å². The van der Waals surface area contributed by atoms with Gasteiger partial charge in [0.2, 0.25) is 11.8 Å². The van der Waals surface area contributed by atoms with Crippen molar-refractivity contribution in [3.63, 3.8) is 0 Å². The highest BCUT2D eigenvalue weighted by Gasteiger charge is 2.77. The van der Waals surface area contributed by atoms with Crippen LogP contribution in [0.3, 0.4) is 0 Å². The summed E-state index contributed by atoms with van der Waals surface area (Å²) in [5.74, 6) is -1.96. The Balaban J connectivity index is 1.46. The van der Waals surface area contributed by atoms with Crippen molar-refractivity contribution in [1.29, 1.82) is 0 Å². The molecule has 9 heteroatoms. The number of rotatable bonds is 15. The van der Waals surface area contributed by atoms with Gasteiger partial charge in [-0.1, -0.05) is 67.6 Å². The summed E-state index contributed by atoms with van der Waals surface area (Å²) in [4.78, 5) is 52.7. The zero-order valence-electron chi connectivity index (χ0n) is 29.9. The number of nitrogens with zero attached hydrogens (tertiary/aromatic N) is 4. The molecule has 51 heavy (non-hydrogen) atoms. The second-order valence-electron chi connectivity index (χ2n) is 13.8. The number of para-hydroxylation sites is 1. The second kappa shape index (κ2) is 15.5. The smallest absolute Gasteiger partial charge is 0.251 e. The predicted octanol–water partition coefficient (Wildman–Crippen LogP) is 6.21. The highest BCUT2D eigenvalue weighted by atomic mass is 32.2. The van der Waals surface area contributed by atoms with Crippen LogP contribution >= 0.6 is 11.8 Å². The Morgan fingerprint density at radius 3 is 2.00 bits per heavy atom. The number of hydrogen-bond acceptors (Lipinski definition) is 6. The third-order valence-electron chi connectivity index (χ3n) is 11.1. The van der Waals surface area contributed by atoms with Gasteiger partial charge in [-0.15, -0.1) is 24.9 Å². The number of amides is 3. The number of aliphatic hydroxyl groups excluding tert-OH is 1. The Labute approximate surface area is 306 Å². The van der Waals surface area contributed by atoms with Gasteiger partial charge in [0.15, 0.2) is 0 Å². The molecule has 7 atom stereocenters. The minimum absolute atomic E-state index is 0.0271.